The fourth-order valence-electron chi connectivity index (χ4n) is 4.55. The lowest BCUT2D eigenvalue weighted by molar-refractivity contribution is -0.171. The van der Waals surface area contributed by atoms with Crippen LogP contribution in [0.1, 0.15) is 46.0 Å². The Labute approximate surface area is 103 Å². The summed E-state index contributed by atoms with van der Waals surface area (Å²) >= 11 is 0. The molecule has 1 spiro atoms. The molecule has 2 nitrogen and oxygen atoms in total. The van der Waals surface area contributed by atoms with E-state index in [0.717, 1.165) is 38.7 Å². The highest BCUT2D eigenvalue weighted by Gasteiger charge is 2.68. The van der Waals surface area contributed by atoms with Crippen LogP contribution < -0.4 is 0 Å². The third-order valence-electron chi connectivity index (χ3n) is 5.74. The first kappa shape index (κ1) is 11.5. The first-order valence-electron chi connectivity index (χ1n) is 6.81. The van der Waals surface area contributed by atoms with E-state index in [9.17, 15) is 4.79 Å². The lowest BCUT2D eigenvalue weighted by atomic mass is 9.55. The Morgan fingerprint density at radius 3 is 2.76 bits per heavy atom. The Morgan fingerprint density at radius 2 is 2.18 bits per heavy atom. The molecule has 0 N–H and O–H groups in total. The van der Waals surface area contributed by atoms with Crippen molar-refractivity contribution in [2.45, 2.75) is 51.6 Å². The summed E-state index contributed by atoms with van der Waals surface area (Å²) in [6, 6.07) is 0. The van der Waals surface area contributed by atoms with Crippen LogP contribution in [-0.2, 0) is 9.53 Å². The van der Waals surface area contributed by atoms with Gasteiger partial charge >= 0.3 is 0 Å². The van der Waals surface area contributed by atoms with Gasteiger partial charge in [0.2, 0.25) is 0 Å². The standard InChI is InChI=1S/C15H22O2/c1-4-14-8-6-11(10-14)13(2,3)12(16)15(14)7-5-9-17-15/h4,11H,1,5-10H2,2-3H3/t11-,14+,15+/m0/s1. The van der Waals surface area contributed by atoms with Crippen LogP contribution in [0.3, 0.4) is 0 Å². The summed E-state index contributed by atoms with van der Waals surface area (Å²) in [5.41, 5.74) is -0.820. The van der Waals surface area contributed by atoms with Crippen molar-refractivity contribution in [3.8, 4) is 0 Å². The van der Waals surface area contributed by atoms with Crippen LogP contribution in [0.4, 0.5) is 0 Å². The predicted molar refractivity (Wildman–Crippen MR) is 66.7 cm³/mol. The van der Waals surface area contributed by atoms with Crippen molar-refractivity contribution in [1.29, 1.82) is 0 Å². The molecule has 3 rings (SSSR count). The molecule has 3 fully saturated rings. The zero-order valence-electron chi connectivity index (χ0n) is 10.9. The van der Waals surface area contributed by atoms with Crippen LogP contribution in [-0.4, -0.2) is 18.0 Å². The van der Waals surface area contributed by atoms with Gasteiger partial charge < -0.3 is 4.74 Å². The average molecular weight is 234 g/mol. The fraction of sp³-hybridized carbons (Fsp3) is 0.800. The second-order valence-electron chi connectivity index (χ2n) is 6.63. The van der Waals surface area contributed by atoms with E-state index in [4.69, 9.17) is 4.74 Å². The number of ketones is 1. The Morgan fingerprint density at radius 1 is 1.41 bits per heavy atom. The Bertz CT molecular complexity index is 376. The van der Waals surface area contributed by atoms with E-state index in [-0.39, 0.29) is 10.8 Å². The van der Waals surface area contributed by atoms with Gasteiger partial charge in [0.05, 0.1) is 0 Å². The second-order valence-corrected chi connectivity index (χ2v) is 6.63. The molecule has 0 aromatic rings. The minimum Gasteiger partial charge on any atom is -0.366 e. The van der Waals surface area contributed by atoms with Crippen molar-refractivity contribution >= 4 is 5.78 Å². The summed E-state index contributed by atoms with van der Waals surface area (Å²) < 4.78 is 6.03. The fourth-order valence-corrected chi connectivity index (χ4v) is 4.55. The number of hydrogen-bond acceptors (Lipinski definition) is 2. The summed E-state index contributed by atoms with van der Waals surface area (Å²) in [4.78, 5) is 12.9. The van der Waals surface area contributed by atoms with Crippen LogP contribution >= 0.6 is 0 Å². The zero-order chi connectivity index (χ0) is 12.3. The molecule has 0 radical (unpaired) electrons. The van der Waals surface area contributed by atoms with Gasteiger partial charge in [0, 0.05) is 17.4 Å². The molecular weight excluding hydrogens is 212 g/mol. The molecule has 2 saturated carbocycles. The van der Waals surface area contributed by atoms with Crippen LogP contribution in [0.5, 0.6) is 0 Å². The molecule has 1 heterocycles. The van der Waals surface area contributed by atoms with Crippen molar-refractivity contribution in [2.24, 2.45) is 16.7 Å². The van der Waals surface area contributed by atoms with Gasteiger partial charge in [-0.2, -0.15) is 0 Å². The van der Waals surface area contributed by atoms with Gasteiger partial charge in [-0.3, -0.25) is 4.79 Å². The zero-order valence-corrected chi connectivity index (χ0v) is 10.9. The molecule has 0 amide bonds. The van der Waals surface area contributed by atoms with Crippen molar-refractivity contribution in [3.05, 3.63) is 12.7 Å². The molecule has 0 aromatic heterocycles. The van der Waals surface area contributed by atoms with E-state index in [1.54, 1.807) is 0 Å². The van der Waals surface area contributed by atoms with Gasteiger partial charge in [0.15, 0.2) is 5.78 Å². The molecule has 17 heavy (non-hydrogen) atoms. The second kappa shape index (κ2) is 3.23. The molecule has 0 unspecified atom stereocenters. The Balaban J connectivity index is 2.15. The van der Waals surface area contributed by atoms with Crippen LogP contribution in [0.15, 0.2) is 12.7 Å². The number of hydrogen-bond donors (Lipinski definition) is 0. The van der Waals surface area contributed by atoms with Gasteiger partial charge in [-0.05, 0) is 38.0 Å². The smallest absolute Gasteiger partial charge is 0.171 e. The maximum Gasteiger partial charge on any atom is 0.171 e. The maximum absolute atomic E-state index is 12.9. The minimum atomic E-state index is -0.536. The third kappa shape index (κ3) is 1.13. The number of Topliss-reactive ketones (excluding diaryl/α,β-unsaturated/α-hetero) is 1. The number of carbonyl (C=O) groups is 1. The molecule has 1 aliphatic heterocycles. The molecule has 1 saturated heterocycles. The quantitative estimate of drug-likeness (QED) is 0.652. The van der Waals surface area contributed by atoms with E-state index in [1.807, 2.05) is 6.08 Å². The lowest BCUT2D eigenvalue weighted by Gasteiger charge is -2.51. The van der Waals surface area contributed by atoms with Gasteiger partial charge in [0.25, 0.3) is 0 Å². The summed E-state index contributed by atoms with van der Waals surface area (Å²) in [5.74, 6) is 0.860. The number of rotatable bonds is 1. The average Bonchev–Trinajstić information content (AvgIpc) is 2.94. The monoisotopic (exact) mass is 234 g/mol. The molecule has 2 heteroatoms. The normalized spacial score (nSPS) is 47.6. The Hall–Kier alpha value is -0.630. The number of ether oxygens (including phenoxy) is 1. The predicted octanol–water partition coefficient (Wildman–Crippen LogP) is 3.12. The molecule has 3 atom stereocenters. The molecular formula is C15H22O2. The highest BCUT2D eigenvalue weighted by atomic mass is 16.5. The summed E-state index contributed by atoms with van der Waals surface area (Å²) in [6.45, 7) is 8.99. The van der Waals surface area contributed by atoms with E-state index in [2.05, 4.69) is 20.4 Å². The molecule has 94 valence electrons. The first-order valence-corrected chi connectivity index (χ1v) is 6.81. The van der Waals surface area contributed by atoms with E-state index in [0.29, 0.717) is 11.7 Å². The van der Waals surface area contributed by atoms with Crippen LogP contribution in [0, 0.1) is 16.7 Å². The van der Waals surface area contributed by atoms with Crippen molar-refractivity contribution in [1.82, 2.24) is 0 Å². The van der Waals surface area contributed by atoms with Crippen molar-refractivity contribution in [3.63, 3.8) is 0 Å². The van der Waals surface area contributed by atoms with Gasteiger partial charge in [-0.1, -0.05) is 19.9 Å². The molecule has 3 aliphatic rings. The van der Waals surface area contributed by atoms with Crippen molar-refractivity contribution in [2.75, 3.05) is 6.61 Å². The molecule has 2 bridgehead atoms. The highest BCUT2D eigenvalue weighted by Crippen LogP contribution is 2.64. The number of carbonyl (C=O) groups excluding carboxylic acids is 1. The van der Waals surface area contributed by atoms with Crippen LogP contribution in [0.2, 0.25) is 0 Å². The maximum atomic E-state index is 12.9. The van der Waals surface area contributed by atoms with E-state index >= 15 is 0 Å². The van der Waals surface area contributed by atoms with E-state index in [1.165, 1.54) is 0 Å². The number of fused-ring (bicyclic) bond motifs is 3. The molecule has 0 aromatic carbocycles. The van der Waals surface area contributed by atoms with Gasteiger partial charge in [-0.25, -0.2) is 0 Å². The van der Waals surface area contributed by atoms with Gasteiger partial charge in [-0.15, -0.1) is 6.58 Å². The largest absolute Gasteiger partial charge is 0.366 e. The van der Waals surface area contributed by atoms with Gasteiger partial charge in [0.1, 0.15) is 5.60 Å². The summed E-state index contributed by atoms with van der Waals surface area (Å²) in [6.07, 6.45) is 7.27. The topological polar surface area (TPSA) is 26.3 Å². The van der Waals surface area contributed by atoms with E-state index < -0.39 is 5.60 Å². The molecule has 2 aliphatic carbocycles. The Kier molecular flexibility index (Phi) is 2.17. The van der Waals surface area contributed by atoms with Crippen molar-refractivity contribution < 1.29 is 9.53 Å². The van der Waals surface area contributed by atoms with Crippen LogP contribution in [0.25, 0.3) is 0 Å². The summed E-state index contributed by atoms with van der Waals surface area (Å²) in [5, 5.41) is 0. The first-order chi connectivity index (χ1) is 7.98. The lowest BCUT2D eigenvalue weighted by Crippen LogP contribution is -2.60. The SMILES string of the molecule is C=C[C@@]12CC[C@@H](C1)C(C)(C)C(=O)[C@]21CCCO1. The minimum absolute atomic E-state index is 0.0687. The summed E-state index contributed by atoms with van der Waals surface area (Å²) in [7, 11) is 0. The highest BCUT2D eigenvalue weighted by molar-refractivity contribution is 5.95. The third-order valence-corrected chi connectivity index (χ3v) is 5.74.